The fourth-order valence-corrected chi connectivity index (χ4v) is 3.80. The minimum atomic E-state index is 0.182. The standard InChI is InChI=1S/C23H28N2O3/c1-18-2-5-21(6-3-18)27-15-9-23(26)25-12-10-24(11-13-25)17-19-4-7-22-20(16-19)8-14-28-22/h2-7,16H,8-15,17H2,1H3. The maximum absolute atomic E-state index is 12.4. The molecule has 2 heterocycles. The first kappa shape index (κ1) is 18.8. The molecule has 2 aliphatic rings. The normalized spacial score (nSPS) is 16.5. The Morgan fingerprint density at radius 3 is 2.64 bits per heavy atom. The van der Waals surface area contributed by atoms with E-state index < -0.39 is 0 Å². The Kier molecular flexibility index (Phi) is 5.81. The summed E-state index contributed by atoms with van der Waals surface area (Å²) in [6.45, 7) is 7.62. The first-order valence-electron chi connectivity index (χ1n) is 10.1. The van der Waals surface area contributed by atoms with E-state index in [9.17, 15) is 4.79 Å². The average molecular weight is 380 g/mol. The van der Waals surface area contributed by atoms with Crippen molar-refractivity contribution in [2.45, 2.75) is 26.3 Å². The van der Waals surface area contributed by atoms with Crippen LogP contribution >= 0.6 is 0 Å². The van der Waals surface area contributed by atoms with Crippen LogP contribution in [-0.4, -0.2) is 55.1 Å². The summed E-state index contributed by atoms with van der Waals surface area (Å²) in [7, 11) is 0. The van der Waals surface area contributed by atoms with Crippen LogP contribution in [0.25, 0.3) is 0 Å². The van der Waals surface area contributed by atoms with Crippen molar-refractivity contribution in [2.75, 3.05) is 39.4 Å². The lowest BCUT2D eigenvalue weighted by Gasteiger charge is -2.34. The number of amides is 1. The SMILES string of the molecule is Cc1ccc(OCCC(=O)N2CCN(Cc3ccc4c(c3)CCO4)CC2)cc1. The van der Waals surface area contributed by atoms with Crippen LogP contribution in [0.1, 0.15) is 23.1 Å². The highest BCUT2D eigenvalue weighted by Gasteiger charge is 2.21. The molecule has 5 nitrogen and oxygen atoms in total. The Morgan fingerprint density at radius 1 is 1.07 bits per heavy atom. The van der Waals surface area contributed by atoms with E-state index in [0.29, 0.717) is 13.0 Å². The summed E-state index contributed by atoms with van der Waals surface area (Å²) < 4.78 is 11.3. The predicted molar refractivity (Wildman–Crippen MR) is 109 cm³/mol. The van der Waals surface area contributed by atoms with Gasteiger partial charge in [-0.15, -0.1) is 0 Å². The number of nitrogens with zero attached hydrogens (tertiary/aromatic N) is 2. The number of fused-ring (bicyclic) bond motifs is 1. The molecule has 0 saturated carbocycles. The van der Waals surface area contributed by atoms with Gasteiger partial charge in [-0.2, -0.15) is 0 Å². The molecule has 28 heavy (non-hydrogen) atoms. The van der Waals surface area contributed by atoms with E-state index in [0.717, 1.165) is 57.3 Å². The second-order valence-electron chi connectivity index (χ2n) is 7.61. The van der Waals surface area contributed by atoms with Crippen molar-refractivity contribution in [3.63, 3.8) is 0 Å². The molecule has 0 radical (unpaired) electrons. The number of carbonyl (C=O) groups excluding carboxylic acids is 1. The lowest BCUT2D eigenvalue weighted by atomic mass is 10.1. The zero-order chi connectivity index (χ0) is 19.3. The van der Waals surface area contributed by atoms with Gasteiger partial charge in [-0.1, -0.05) is 29.8 Å². The predicted octanol–water partition coefficient (Wildman–Crippen LogP) is 3.04. The van der Waals surface area contributed by atoms with Crippen molar-refractivity contribution in [2.24, 2.45) is 0 Å². The van der Waals surface area contributed by atoms with Gasteiger partial charge in [-0.25, -0.2) is 0 Å². The third-order valence-corrected chi connectivity index (χ3v) is 5.49. The number of rotatable bonds is 6. The quantitative estimate of drug-likeness (QED) is 0.773. The van der Waals surface area contributed by atoms with Crippen molar-refractivity contribution >= 4 is 5.91 Å². The molecule has 0 N–H and O–H groups in total. The summed E-state index contributed by atoms with van der Waals surface area (Å²) in [5.41, 5.74) is 3.85. The van der Waals surface area contributed by atoms with Crippen LogP contribution in [-0.2, 0) is 17.8 Å². The highest BCUT2D eigenvalue weighted by Crippen LogP contribution is 2.26. The molecule has 0 atom stereocenters. The van der Waals surface area contributed by atoms with E-state index in [1.807, 2.05) is 36.1 Å². The molecular formula is C23H28N2O3. The first-order chi connectivity index (χ1) is 13.7. The van der Waals surface area contributed by atoms with Crippen LogP contribution in [0.4, 0.5) is 0 Å². The Bertz CT molecular complexity index is 811. The van der Waals surface area contributed by atoms with Gasteiger partial charge < -0.3 is 14.4 Å². The molecule has 1 amide bonds. The minimum absolute atomic E-state index is 0.182. The van der Waals surface area contributed by atoms with Crippen molar-refractivity contribution in [3.8, 4) is 11.5 Å². The van der Waals surface area contributed by atoms with Crippen LogP contribution in [0, 0.1) is 6.92 Å². The topological polar surface area (TPSA) is 42.0 Å². The molecule has 5 heteroatoms. The fraction of sp³-hybridized carbons (Fsp3) is 0.435. The van der Waals surface area contributed by atoms with Crippen LogP contribution in [0.3, 0.4) is 0 Å². The van der Waals surface area contributed by atoms with E-state index in [1.165, 1.54) is 16.7 Å². The molecule has 4 rings (SSSR count). The molecule has 1 fully saturated rings. The van der Waals surface area contributed by atoms with Gasteiger partial charge in [0, 0.05) is 39.1 Å². The molecule has 0 spiro atoms. The lowest BCUT2D eigenvalue weighted by molar-refractivity contribution is -0.133. The monoisotopic (exact) mass is 380 g/mol. The molecule has 0 unspecified atom stereocenters. The average Bonchev–Trinajstić information content (AvgIpc) is 3.18. The maximum Gasteiger partial charge on any atom is 0.226 e. The minimum Gasteiger partial charge on any atom is -0.493 e. The third-order valence-electron chi connectivity index (χ3n) is 5.49. The van der Waals surface area contributed by atoms with E-state index >= 15 is 0 Å². The van der Waals surface area contributed by atoms with Gasteiger partial charge in [-0.05, 0) is 36.2 Å². The van der Waals surface area contributed by atoms with Crippen LogP contribution in [0.2, 0.25) is 0 Å². The number of aryl methyl sites for hydroxylation is 1. The second-order valence-corrected chi connectivity index (χ2v) is 7.61. The van der Waals surface area contributed by atoms with Crippen LogP contribution in [0.5, 0.6) is 11.5 Å². The number of hydrogen-bond acceptors (Lipinski definition) is 4. The van der Waals surface area contributed by atoms with E-state index in [1.54, 1.807) is 0 Å². The van der Waals surface area contributed by atoms with Crippen LogP contribution < -0.4 is 9.47 Å². The molecule has 0 aromatic heterocycles. The fourth-order valence-electron chi connectivity index (χ4n) is 3.80. The van der Waals surface area contributed by atoms with Gasteiger partial charge >= 0.3 is 0 Å². The lowest BCUT2D eigenvalue weighted by Crippen LogP contribution is -2.48. The maximum atomic E-state index is 12.4. The van der Waals surface area contributed by atoms with E-state index in [-0.39, 0.29) is 5.91 Å². The summed E-state index contributed by atoms with van der Waals surface area (Å²) in [6.07, 6.45) is 1.44. The molecule has 148 valence electrons. The van der Waals surface area contributed by atoms with Crippen molar-refractivity contribution in [3.05, 3.63) is 59.2 Å². The summed E-state index contributed by atoms with van der Waals surface area (Å²) in [6, 6.07) is 14.4. The first-order valence-corrected chi connectivity index (χ1v) is 10.1. The number of benzene rings is 2. The third kappa shape index (κ3) is 4.65. The van der Waals surface area contributed by atoms with E-state index in [4.69, 9.17) is 9.47 Å². The van der Waals surface area contributed by atoms with Gasteiger partial charge in [0.05, 0.1) is 19.6 Å². The second kappa shape index (κ2) is 8.65. The molecule has 2 aliphatic heterocycles. The summed E-state index contributed by atoms with van der Waals surface area (Å²) in [5, 5.41) is 0. The number of piperazine rings is 1. The van der Waals surface area contributed by atoms with E-state index in [2.05, 4.69) is 23.1 Å². The molecular weight excluding hydrogens is 352 g/mol. The van der Waals surface area contributed by atoms with Gasteiger partial charge in [0.25, 0.3) is 0 Å². The highest BCUT2D eigenvalue weighted by molar-refractivity contribution is 5.76. The molecule has 1 saturated heterocycles. The van der Waals surface area contributed by atoms with Crippen molar-refractivity contribution < 1.29 is 14.3 Å². The Balaban J connectivity index is 1.19. The highest BCUT2D eigenvalue weighted by atomic mass is 16.5. The van der Waals surface area contributed by atoms with Gasteiger partial charge in [0.15, 0.2) is 0 Å². The number of hydrogen-bond donors (Lipinski definition) is 0. The van der Waals surface area contributed by atoms with Gasteiger partial charge in [0.1, 0.15) is 11.5 Å². The molecule has 2 aromatic rings. The van der Waals surface area contributed by atoms with Crippen LogP contribution in [0.15, 0.2) is 42.5 Å². The Hall–Kier alpha value is -2.53. The van der Waals surface area contributed by atoms with Gasteiger partial charge in [-0.3, -0.25) is 9.69 Å². The largest absolute Gasteiger partial charge is 0.493 e. The van der Waals surface area contributed by atoms with Gasteiger partial charge in [0.2, 0.25) is 5.91 Å². The number of carbonyl (C=O) groups is 1. The Morgan fingerprint density at radius 2 is 1.86 bits per heavy atom. The van der Waals surface area contributed by atoms with Crippen molar-refractivity contribution in [1.29, 1.82) is 0 Å². The molecule has 0 aliphatic carbocycles. The van der Waals surface area contributed by atoms with Crippen molar-refractivity contribution in [1.82, 2.24) is 9.80 Å². The molecule has 0 bridgehead atoms. The number of ether oxygens (including phenoxy) is 2. The summed E-state index contributed by atoms with van der Waals surface area (Å²) in [4.78, 5) is 16.8. The molecule has 2 aromatic carbocycles. The zero-order valence-electron chi connectivity index (χ0n) is 16.5. The smallest absolute Gasteiger partial charge is 0.226 e. The zero-order valence-corrected chi connectivity index (χ0v) is 16.5. The summed E-state index contributed by atoms with van der Waals surface area (Å²) in [5.74, 6) is 2.04. The Labute approximate surface area is 166 Å². The summed E-state index contributed by atoms with van der Waals surface area (Å²) >= 11 is 0.